The highest BCUT2D eigenvalue weighted by molar-refractivity contribution is 5.90. The highest BCUT2D eigenvalue weighted by Gasteiger charge is 2.34. The summed E-state index contributed by atoms with van der Waals surface area (Å²) in [7, 11) is 2.88. The number of nitrogens with zero attached hydrogens (tertiary/aromatic N) is 3. The predicted octanol–water partition coefficient (Wildman–Crippen LogP) is 2.01. The van der Waals surface area contributed by atoms with Crippen molar-refractivity contribution in [3.63, 3.8) is 0 Å². The molecule has 13 heteroatoms. The standard InChI is InChI=1S/C19H25F2N5O5.C7H6O/c1-22-10-16(27)24-3-5-25(6-4-24)17-14(20)7-12(8-15(17)21)26-11-13(31-19(26)29)9-23-18(28)30-2;8-6-7-4-2-1-3-5-7/h7-8,13,22H,3-6,9-11H2,1-2H3,(H,23,28);1-6H. The Hall–Kier alpha value is -4.26. The van der Waals surface area contributed by atoms with Gasteiger partial charge in [0.15, 0.2) is 11.6 Å². The summed E-state index contributed by atoms with van der Waals surface area (Å²) in [6.45, 7) is 1.52. The highest BCUT2D eigenvalue weighted by atomic mass is 19.1. The van der Waals surface area contributed by atoms with Gasteiger partial charge in [-0.05, 0) is 7.05 Å². The first-order valence-electron chi connectivity index (χ1n) is 12.2. The van der Waals surface area contributed by atoms with E-state index < -0.39 is 29.9 Å². The van der Waals surface area contributed by atoms with E-state index in [0.29, 0.717) is 13.1 Å². The van der Waals surface area contributed by atoms with E-state index in [0.717, 1.165) is 28.9 Å². The van der Waals surface area contributed by atoms with E-state index in [1.807, 2.05) is 18.2 Å². The van der Waals surface area contributed by atoms with E-state index in [-0.39, 0.29) is 50.0 Å². The van der Waals surface area contributed by atoms with Crippen LogP contribution in [0.1, 0.15) is 10.4 Å². The van der Waals surface area contributed by atoms with Gasteiger partial charge in [0, 0.05) is 43.9 Å². The number of methoxy groups -OCH3 is 1. The molecule has 1 unspecified atom stereocenters. The van der Waals surface area contributed by atoms with Crippen LogP contribution >= 0.6 is 0 Å². The maximum atomic E-state index is 14.8. The van der Waals surface area contributed by atoms with Gasteiger partial charge in [-0.1, -0.05) is 30.3 Å². The van der Waals surface area contributed by atoms with Crippen LogP contribution in [0.3, 0.4) is 0 Å². The number of hydrogen-bond acceptors (Lipinski definition) is 8. The fourth-order valence-corrected chi connectivity index (χ4v) is 4.09. The number of rotatable bonds is 7. The predicted molar refractivity (Wildman–Crippen MR) is 139 cm³/mol. The van der Waals surface area contributed by atoms with Gasteiger partial charge in [0.25, 0.3) is 0 Å². The second-order valence-corrected chi connectivity index (χ2v) is 8.67. The number of ether oxygens (including phenoxy) is 2. The number of amides is 3. The minimum absolute atomic E-state index is 0.00844. The van der Waals surface area contributed by atoms with Crippen molar-refractivity contribution in [1.29, 1.82) is 0 Å². The molecule has 2 heterocycles. The third-order valence-electron chi connectivity index (χ3n) is 6.06. The van der Waals surface area contributed by atoms with Gasteiger partial charge in [-0.15, -0.1) is 0 Å². The largest absolute Gasteiger partial charge is 0.453 e. The second kappa shape index (κ2) is 14.0. The molecule has 1 atom stereocenters. The summed E-state index contributed by atoms with van der Waals surface area (Å²) >= 11 is 0. The van der Waals surface area contributed by atoms with Gasteiger partial charge in [-0.2, -0.15) is 0 Å². The van der Waals surface area contributed by atoms with Crippen molar-refractivity contribution >= 4 is 35.8 Å². The Bertz CT molecular complexity index is 1140. The zero-order chi connectivity index (χ0) is 28.4. The van der Waals surface area contributed by atoms with Crippen LogP contribution in [-0.2, 0) is 14.3 Å². The monoisotopic (exact) mass is 547 g/mol. The van der Waals surface area contributed by atoms with Gasteiger partial charge in [0.2, 0.25) is 5.91 Å². The number of anilines is 2. The molecule has 3 amide bonds. The van der Waals surface area contributed by atoms with E-state index in [2.05, 4.69) is 15.4 Å². The quantitative estimate of drug-likeness (QED) is 0.506. The van der Waals surface area contributed by atoms with Crippen LogP contribution in [-0.4, -0.2) is 95.4 Å². The summed E-state index contributed by atoms with van der Waals surface area (Å²) in [6.07, 6.45) is -1.29. The summed E-state index contributed by atoms with van der Waals surface area (Å²) < 4.78 is 39.2. The SMILES string of the molecule is CNCC(=O)N1CCN(c2c(F)cc(N3CC(CNC(=O)OC)OC3=O)cc2F)CC1.O=Cc1ccccc1. The lowest BCUT2D eigenvalue weighted by molar-refractivity contribution is -0.130. The molecule has 2 aromatic rings. The molecule has 0 spiro atoms. The maximum absolute atomic E-state index is 14.8. The van der Waals surface area contributed by atoms with Gasteiger partial charge in [0.05, 0.1) is 32.4 Å². The van der Waals surface area contributed by atoms with Crippen molar-refractivity contribution in [1.82, 2.24) is 15.5 Å². The molecule has 2 N–H and O–H groups in total. The molecule has 4 rings (SSSR count). The number of aldehydes is 1. The van der Waals surface area contributed by atoms with Crippen molar-refractivity contribution in [2.45, 2.75) is 6.10 Å². The van der Waals surface area contributed by atoms with Gasteiger partial charge in [-0.25, -0.2) is 18.4 Å². The number of nitrogens with one attached hydrogen (secondary N) is 2. The summed E-state index contributed by atoms with van der Waals surface area (Å²) in [6, 6.07) is 11.3. The number of alkyl carbamates (subject to hydrolysis) is 1. The van der Waals surface area contributed by atoms with Crippen LogP contribution in [0, 0.1) is 11.6 Å². The molecule has 0 bridgehead atoms. The Morgan fingerprint density at radius 1 is 1.10 bits per heavy atom. The normalized spacial score (nSPS) is 16.7. The lowest BCUT2D eigenvalue weighted by Crippen LogP contribution is -2.51. The third kappa shape index (κ3) is 7.87. The molecule has 2 aromatic carbocycles. The molecule has 0 aromatic heterocycles. The topological polar surface area (TPSA) is 121 Å². The molecule has 2 aliphatic heterocycles. The first-order valence-corrected chi connectivity index (χ1v) is 12.2. The molecule has 2 fully saturated rings. The van der Waals surface area contributed by atoms with E-state index >= 15 is 0 Å². The summed E-state index contributed by atoms with van der Waals surface area (Å²) in [5.74, 6) is -1.69. The zero-order valence-electron chi connectivity index (χ0n) is 21.7. The number of cyclic esters (lactones) is 1. The number of carbonyl (C=O) groups excluding carboxylic acids is 4. The molecule has 39 heavy (non-hydrogen) atoms. The summed E-state index contributed by atoms with van der Waals surface area (Å²) in [5.41, 5.74) is 0.556. The molecular weight excluding hydrogens is 516 g/mol. The first kappa shape index (κ1) is 29.3. The Kier molecular flexibility index (Phi) is 10.6. The van der Waals surface area contributed by atoms with E-state index in [4.69, 9.17) is 4.74 Å². The minimum atomic E-state index is -0.811. The van der Waals surface area contributed by atoms with Crippen LogP contribution in [0.4, 0.5) is 29.7 Å². The van der Waals surface area contributed by atoms with Crippen molar-refractivity contribution in [2.24, 2.45) is 0 Å². The lowest BCUT2D eigenvalue weighted by Gasteiger charge is -2.36. The van der Waals surface area contributed by atoms with Gasteiger partial charge in [0.1, 0.15) is 18.1 Å². The zero-order valence-corrected chi connectivity index (χ0v) is 21.7. The van der Waals surface area contributed by atoms with Crippen LogP contribution < -0.4 is 20.4 Å². The fraction of sp³-hybridized carbons (Fsp3) is 0.385. The van der Waals surface area contributed by atoms with E-state index in [9.17, 15) is 28.0 Å². The smallest absolute Gasteiger partial charge is 0.414 e. The average molecular weight is 548 g/mol. The lowest BCUT2D eigenvalue weighted by atomic mass is 10.2. The van der Waals surface area contributed by atoms with Crippen molar-refractivity contribution in [3.05, 3.63) is 59.7 Å². The Balaban J connectivity index is 0.000000449. The number of hydrogen-bond donors (Lipinski definition) is 2. The first-order chi connectivity index (χ1) is 18.8. The highest BCUT2D eigenvalue weighted by Crippen LogP contribution is 2.31. The fourth-order valence-electron chi connectivity index (χ4n) is 4.09. The number of benzene rings is 2. The van der Waals surface area contributed by atoms with Gasteiger partial charge in [-0.3, -0.25) is 14.5 Å². The Morgan fingerprint density at radius 3 is 2.28 bits per heavy atom. The van der Waals surface area contributed by atoms with Crippen molar-refractivity contribution < 1.29 is 37.4 Å². The molecule has 11 nitrogen and oxygen atoms in total. The second-order valence-electron chi connectivity index (χ2n) is 8.67. The molecular formula is C26H31F2N5O6. The summed E-state index contributed by atoms with van der Waals surface area (Å²) in [4.78, 5) is 49.5. The molecule has 0 radical (unpaired) electrons. The van der Waals surface area contributed by atoms with Crippen molar-refractivity contribution in [3.8, 4) is 0 Å². The molecule has 2 aliphatic rings. The Labute approximate surface area is 224 Å². The van der Waals surface area contributed by atoms with Crippen molar-refractivity contribution in [2.75, 3.05) is 69.8 Å². The number of piperazine rings is 1. The number of likely N-dealkylation sites (N-methyl/N-ethyl adjacent to an activating group) is 1. The molecule has 0 saturated carbocycles. The van der Waals surface area contributed by atoms with Gasteiger partial charge >= 0.3 is 12.2 Å². The van der Waals surface area contributed by atoms with Crippen LogP contribution in [0.2, 0.25) is 0 Å². The molecule has 210 valence electrons. The molecule has 0 aliphatic carbocycles. The number of halogens is 2. The van der Waals surface area contributed by atoms with E-state index in [1.54, 1.807) is 29.0 Å². The van der Waals surface area contributed by atoms with Crippen LogP contribution in [0.15, 0.2) is 42.5 Å². The molecule has 2 saturated heterocycles. The van der Waals surface area contributed by atoms with Crippen LogP contribution in [0.25, 0.3) is 0 Å². The van der Waals surface area contributed by atoms with Gasteiger partial charge < -0.3 is 29.9 Å². The average Bonchev–Trinajstić information content (AvgIpc) is 3.33. The maximum Gasteiger partial charge on any atom is 0.414 e. The third-order valence-corrected chi connectivity index (χ3v) is 6.06. The van der Waals surface area contributed by atoms with E-state index in [1.165, 1.54) is 7.11 Å². The van der Waals surface area contributed by atoms with Crippen LogP contribution in [0.5, 0.6) is 0 Å². The minimum Gasteiger partial charge on any atom is -0.453 e. The Morgan fingerprint density at radius 2 is 1.74 bits per heavy atom. The summed E-state index contributed by atoms with van der Waals surface area (Å²) in [5, 5.41) is 5.20. The number of carbonyl (C=O) groups is 4.